The van der Waals surface area contributed by atoms with Gasteiger partial charge in [0.2, 0.25) is 5.88 Å². The maximum atomic E-state index is 5.17. The molecule has 0 amide bonds. The van der Waals surface area contributed by atoms with Crippen LogP contribution in [0.2, 0.25) is 0 Å². The molecule has 2 aromatic rings. The van der Waals surface area contributed by atoms with E-state index in [1.165, 1.54) is 11.1 Å². The van der Waals surface area contributed by atoms with Crippen LogP contribution in [0, 0.1) is 6.92 Å². The Bertz CT molecular complexity index is 515. The monoisotopic (exact) mass is 257 g/mol. The Labute approximate surface area is 113 Å². The van der Waals surface area contributed by atoms with Crippen LogP contribution in [-0.4, -0.2) is 17.1 Å². The molecule has 1 aromatic carbocycles. The van der Waals surface area contributed by atoms with Crippen molar-refractivity contribution in [2.75, 3.05) is 12.4 Å². The molecule has 0 saturated heterocycles. The summed E-state index contributed by atoms with van der Waals surface area (Å²) in [4.78, 5) is 8.69. The standard InChI is InChI=1S/C15H19N3O/c1-4-13-17-14(9-15(18-13)19-3)16-10-12-7-5-11(2)6-8-12/h5-9H,4,10H2,1-3H3,(H,16,17,18). The summed E-state index contributed by atoms with van der Waals surface area (Å²) in [6.45, 7) is 4.85. The number of nitrogens with zero attached hydrogens (tertiary/aromatic N) is 2. The fourth-order valence-electron chi connectivity index (χ4n) is 1.72. The SMILES string of the molecule is CCc1nc(NCc2ccc(C)cc2)cc(OC)n1. The van der Waals surface area contributed by atoms with Crippen molar-refractivity contribution in [3.8, 4) is 5.88 Å². The average Bonchev–Trinajstić information content (AvgIpc) is 2.46. The molecule has 0 spiro atoms. The van der Waals surface area contributed by atoms with Crippen LogP contribution in [0.15, 0.2) is 30.3 Å². The van der Waals surface area contributed by atoms with E-state index in [1.807, 2.05) is 13.0 Å². The number of hydrogen-bond donors (Lipinski definition) is 1. The molecule has 0 aliphatic heterocycles. The Morgan fingerprint density at radius 2 is 1.89 bits per heavy atom. The minimum absolute atomic E-state index is 0.596. The zero-order chi connectivity index (χ0) is 13.7. The van der Waals surface area contributed by atoms with Gasteiger partial charge in [-0.3, -0.25) is 0 Å². The molecule has 0 bridgehead atoms. The summed E-state index contributed by atoms with van der Waals surface area (Å²) in [7, 11) is 1.62. The normalized spacial score (nSPS) is 10.3. The highest BCUT2D eigenvalue weighted by Gasteiger charge is 2.03. The Balaban J connectivity index is 2.08. The summed E-state index contributed by atoms with van der Waals surface area (Å²) in [6.07, 6.45) is 0.788. The highest BCUT2D eigenvalue weighted by Crippen LogP contribution is 2.14. The zero-order valence-electron chi connectivity index (χ0n) is 11.6. The van der Waals surface area contributed by atoms with Crippen molar-refractivity contribution in [3.05, 3.63) is 47.3 Å². The molecule has 1 aromatic heterocycles. The van der Waals surface area contributed by atoms with Crippen LogP contribution < -0.4 is 10.1 Å². The molecule has 0 atom stereocenters. The summed E-state index contributed by atoms with van der Waals surface area (Å²) in [5.74, 6) is 2.17. The topological polar surface area (TPSA) is 47.0 Å². The van der Waals surface area contributed by atoms with Crippen molar-refractivity contribution in [2.45, 2.75) is 26.8 Å². The van der Waals surface area contributed by atoms with E-state index in [0.29, 0.717) is 5.88 Å². The van der Waals surface area contributed by atoms with Crippen LogP contribution in [0.5, 0.6) is 5.88 Å². The van der Waals surface area contributed by atoms with E-state index >= 15 is 0 Å². The Morgan fingerprint density at radius 1 is 1.16 bits per heavy atom. The van der Waals surface area contributed by atoms with E-state index in [-0.39, 0.29) is 0 Å². The molecule has 100 valence electrons. The molecule has 0 fully saturated rings. The molecule has 0 radical (unpaired) electrons. The number of anilines is 1. The summed E-state index contributed by atoms with van der Waals surface area (Å²) >= 11 is 0. The van der Waals surface area contributed by atoms with Gasteiger partial charge < -0.3 is 10.1 Å². The second-order valence-electron chi connectivity index (χ2n) is 4.40. The molecule has 0 aliphatic carbocycles. The first-order valence-electron chi connectivity index (χ1n) is 6.42. The van der Waals surface area contributed by atoms with Crippen LogP contribution in [-0.2, 0) is 13.0 Å². The molecule has 1 N–H and O–H groups in total. The van der Waals surface area contributed by atoms with Gasteiger partial charge in [0.1, 0.15) is 11.6 Å². The molecule has 1 heterocycles. The van der Waals surface area contributed by atoms with Crippen molar-refractivity contribution < 1.29 is 4.74 Å². The quantitative estimate of drug-likeness (QED) is 0.894. The number of rotatable bonds is 5. The van der Waals surface area contributed by atoms with Crippen LogP contribution in [0.1, 0.15) is 23.9 Å². The van der Waals surface area contributed by atoms with E-state index in [9.17, 15) is 0 Å². The highest BCUT2D eigenvalue weighted by atomic mass is 16.5. The van der Waals surface area contributed by atoms with Crippen molar-refractivity contribution in [1.82, 2.24) is 9.97 Å². The van der Waals surface area contributed by atoms with Gasteiger partial charge in [-0.05, 0) is 12.5 Å². The Hall–Kier alpha value is -2.10. The lowest BCUT2D eigenvalue weighted by Crippen LogP contribution is -2.05. The average molecular weight is 257 g/mol. The number of benzene rings is 1. The van der Waals surface area contributed by atoms with Gasteiger partial charge in [-0.25, -0.2) is 4.98 Å². The van der Waals surface area contributed by atoms with Gasteiger partial charge >= 0.3 is 0 Å². The third-order valence-electron chi connectivity index (χ3n) is 2.87. The number of nitrogens with one attached hydrogen (secondary N) is 1. The Kier molecular flexibility index (Phi) is 4.34. The summed E-state index contributed by atoms with van der Waals surface area (Å²) in [5.41, 5.74) is 2.49. The van der Waals surface area contributed by atoms with E-state index in [0.717, 1.165) is 24.6 Å². The first-order valence-corrected chi connectivity index (χ1v) is 6.42. The lowest BCUT2D eigenvalue weighted by molar-refractivity contribution is 0.395. The second kappa shape index (κ2) is 6.18. The van der Waals surface area contributed by atoms with E-state index < -0.39 is 0 Å². The Morgan fingerprint density at radius 3 is 2.53 bits per heavy atom. The third kappa shape index (κ3) is 3.68. The fraction of sp³-hybridized carbons (Fsp3) is 0.333. The maximum Gasteiger partial charge on any atom is 0.218 e. The van der Waals surface area contributed by atoms with E-state index in [1.54, 1.807) is 7.11 Å². The first-order chi connectivity index (χ1) is 9.21. The smallest absolute Gasteiger partial charge is 0.218 e. The minimum Gasteiger partial charge on any atom is -0.481 e. The van der Waals surface area contributed by atoms with Gasteiger partial charge in [-0.15, -0.1) is 0 Å². The van der Waals surface area contributed by atoms with Crippen molar-refractivity contribution >= 4 is 5.82 Å². The zero-order valence-corrected chi connectivity index (χ0v) is 11.6. The number of hydrogen-bond acceptors (Lipinski definition) is 4. The van der Waals surface area contributed by atoms with Gasteiger partial charge in [-0.2, -0.15) is 4.98 Å². The molecule has 0 aliphatic rings. The predicted octanol–water partition coefficient (Wildman–Crippen LogP) is 2.97. The van der Waals surface area contributed by atoms with Crippen molar-refractivity contribution in [3.63, 3.8) is 0 Å². The van der Waals surface area contributed by atoms with Gasteiger partial charge in [0.05, 0.1) is 7.11 Å². The number of ether oxygens (including phenoxy) is 1. The van der Waals surface area contributed by atoms with Crippen LogP contribution in [0.3, 0.4) is 0 Å². The predicted molar refractivity (Wildman–Crippen MR) is 76.5 cm³/mol. The number of aryl methyl sites for hydroxylation is 2. The van der Waals surface area contributed by atoms with Crippen LogP contribution in [0.25, 0.3) is 0 Å². The first kappa shape index (κ1) is 13.3. The van der Waals surface area contributed by atoms with Crippen molar-refractivity contribution in [1.29, 1.82) is 0 Å². The largest absolute Gasteiger partial charge is 0.481 e. The number of aromatic nitrogens is 2. The lowest BCUT2D eigenvalue weighted by Gasteiger charge is -2.09. The van der Waals surface area contributed by atoms with Gasteiger partial charge in [0.25, 0.3) is 0 Å². The van der Waals surface area contributed by atoms with E-state index in [4.69, 9.17) is 4.74 Å². The minimum atomic E-state index is 0.596. The molecule has 4 nitrogen and oxygen atoms in total. The highest BCUT2D eigenvalue weighted by molar-refractivity contribution is 5.39. The molecule has 4 heteroatoms. The van der Waals surface area contributed by atoms with Gasteiger partial charge in [0.15, 0.2) is 0 Å². The molecular formula is C15H19N3O. The van der Waals surface area contributed by atoms with Gasteiger partial charge in [-0.1, -0.05) is 36.8 Å². The maximum absolute atomic E-state index is 5.17. The summed E-state index contributed by atoms with van der Waals surface area (Å²) in [6, 6.07) is 10.3. The molecule has 0 unspecified atom stereocenters. The van der Waals surface area contributed by atoms with Crippen molar-refractivity contribution in [2.24, 2.45) is 0 Å². The summed E-state index contributed by atoms with van der Waals surface area (Å²) < 4.78 is 5.17. The molecule has 0 saturated carbocycles. The molecule has 19 heavy (non-hydrogen) atoms. The molecular weight excluding hydrogens is 238 g/mol. The van der Waals surface area contributed by atoms with Crippen LogP contribution >= 0.6 is 0 Å². The molecule has 2 rings (SSSR count). The second-order valence-corrected chi connectivity index (χ2v) is 4.40. The third-order valence-corrected chi connectivity index (χ3v) is 2.87. The van der Waals surface area contributed by atoms with Gasteiger partial charge in [0, 0.05) is 19.0 Å². The summed E-state index contributed by atoms with van der Waals surface area (Å²) in [5, 5.41) is 3.30. The lowest BCUT2D eigenvalue weighted by atomic mass is 10.1. The van der Waals surface area contributed by atoms with E-state index in [2.05, 4.69) is 46.5 Å². The van der Waals surface area contributed by atoms with Crippen LogP contribution in [0.4, 0.5) is 5.82 Å². The number of methoxy groups -OCH3 is 1. The fourth-order valence-corrected chi connectivity index (χ4v) is 1.72.